The molecule has 0 spiro atoms. The Hall–Kier alpha value is -1.76. The lowest BCUT2D eigenvalue weighted by molar-refractivity contribution is 0.0734. The third-order valence-electron chi connectivity index (χ3n) is 4.38. The molecule has 5 heteroatoms. The van der Waals surface area contributed by atoms with E-state index in [-0.39, 0.29) is 11.9 Å². The first-order valence-electron chi connectivity index (χ1n) is 7.92. The summed E-state index contributed by atoms with van der Waals surface area (Å²) in [6, 6.07) is 13.6. The molecule has 2 aromatic rings. The van der Waals surface area contributed by atoms with Crippen LogP contribution in [0.1, 0.15) is 34.8 Å². The fraction of sp³-hybridized carbons (Fsp3) is 0.316. The maximum atomic E-state index is 13.0. The average molecular weight is 437 g/mol. The lowest BCUT2D eigenvalue weighted by Gasteiger charge is -2.26. The fourth-order valence-corrected chi connectivity index (χ4v) is 3.76. The summed E-state index contributed by atoms with van der Waals surface area (Å²) in [4.78, 5) is 14.9. The molecule has 1 unspecified atom stereocenters. The summed E-state index contributed by atoms with van der Waals surface area (Å²) >= 11 is 2.23. The summed E-state index contributed by atoms with van der Waals surface area (Å²) in [5, 5.41) is 0. The third kappa shape index (κ3) is 3.36. The minimum atomic E-state index is 0.0382. The van der Waals surface area contributed by atoms with Gasteiger partial charge in [-0.05, 0) is 65.8 Å². The molecule has 0 radical (unpaired) electrons. The van der Waals surface area contributed by atoms with Crippen LogP contribution in [0.2, 0.25) is 0 Å². The van der Waals surface area contributed by atoms with Crippen LogP contribution in [0.15, 0.2) is 42.5 Å². The Labute approximate surface area is 155 Å². The van der Waals surface area contributed by atoms with Gasteiger partial charge in [0.05, 0.1) is 20.3 Å². The van der Waals surface area contributed by atoms with Gasteiger partial charge in [0.1, 0.15) is 11.5 Å². The minimum Gasteiger partial charge on any atom is -0.497 e. The lowest BCUT2D eigenvalue weighted by Crippen LogP contribution is -2.30. The predicted molar refractivity (Wildman–Crippen MR) is 102 cm³/mol. The molecule has 126 valence electrons. The zero-order chi connectivity index (χ0) is 17.1. The van der Waals surface area contributed by atoms with E-state index in [1.54, 1.807) is 14.2 Å². The molecule has 4 nitrogen and oxygen atoms in total. The highest BCUT2D eigenvalue weighted by Gasteiger charge is 2.32. The smallest absolute Gasteiger partial charge is 0.254 e. The van der Waals surface area contributed by atoms with Crippen LogP contribution < -0.4 is 9.47 Å². The van der Waals surface area contributed by atoms with Gasteiger partial charge < -0.3 is 14.4 Å². The van der Waals surface area contributed by atoms with Crippen LogP contribution in [0.3, 0.4) is 0 Å². The van der Waals surface area contributed by atoms with Gasteiger partial charge in [-0.1, -0.05) is 6.07 Å². The normalized spacial score (nSPS) is 17.0. The van der Waals surface area contributed by atoms with Crippen LogP contribution in [0.4, 0.5) is 0 Å². The number of rotatable bonds is 4. The lowest BCUT2D eigenvalue weighted by atomic mass is 10.0. The van der Waals surface area contributed by atoms with E-state index in [0.29, 0.717) is 0 Å². The molecule has 1 fully saturated rings. The molecule has 0 aliphatic carbocycles. The molecule has 1 atom stereocenters. The first-order chi connectivity index (χ1) is 11.6. The van der Waals surface area contributed by atoms with Crippen molar-refractivity contribution in [3.8, 4) is 11.5 Å². The number of ether oxygens (including phenoxy) is 2. The van der Waals surface area contributed by atoms with E-state index >= 15 is 0 Å². The molecule has 0 bridgehead atoms. The first-order valence-corrected chi connectivity index (χ1v) is 9.00. The van der Waals surface area contributed by atoms with Crippen molar-refractivity contribution in [2.45, 2.75) is 18.9 Å². The van der Waals surface area contributed by atoms with Gasteiger partial charge in [0, 0.05) is 27.3 Å². The first kappa shape index (κ1) is 17.1. The number of likely N-dealkylation sites (tertiary alicyclic amines) is 1. The second-order valence-corrected chi connectivity index (χ2v) is 7.02. The topological polar surface area (TPSA) is 38.8 Å². The van der Waals surface area contributed by atoms with Gasteiger partial charge in [-0.3, -0.25) is 4.79 Å². The predicted octanol–water partition coefficient (Wildman–Crippen LogP) is 4.29. The number of methoxy groups -OCH3 is 2. The average Bonchev–Trinajstić information content (AvgIpc) is 3.09. The van der Waals surface area contributed by atoms with E-state index in [1.807, 2.05) is 47.4 Å². The van der Waals surface area contributed by atoms with Crippen molar-refractivity contribution in [3.63, 3.8) is 0 Å². The maximum absolute atomic E-state index is 13.0. The summed E-state index contributed by atoms with van der Waals surface area (Å²) < 4.78 is 11.9. The van der Waals surface area contributed by atoms with E-state index in [9.17, 15) is 4.79 Å². The largest absolute Gasteiger partial charge is 0.497 e. The molecule has 24 heavy (non-hydrogen) atoms. The minimum absolute atomic E-state index is 0.0382. The Morgan fingerprint density at radius 1 is 1.17 bits per heavy atom. The van der Waals surface area contributed by atoms with Crippen LogP contribution in [-0.2, 0) is 0 Å². The zero-order valence-electron chi connectivity index (χ0n) is 13.8. The van der Waals surface area contributed by atoms with Crippen molar-refractivity contribution < 1.29 is 14.3 Å². The van der Waals surface area contributed by atoms with Crippen molar-refractivity contribution >= 4 is 28.5 Å². The number of amides is 1. The fourth-order valence-electron chi connectivity index (χ4n) is 3.21. The highest BCUT2D eigenvalue weighted by Crippen LogP contribution is 2.39. The Morgan fingerprint density at radius 2 is 2.00 bits per heavy atom. The zero-order valence-corrected chi connectivity index (χ0v) is 15.9. The van der Waals surface area contributed by atoms with Crippen molar-refractivity contribution in [2.24, 2.45) is 0 Å². The maximum Gasteiger partial charge on any atom is 0.254 e. The van der Waals surface area contributed by atoms with E-state index in [0.717, 1.165) is 45.6 Å². The van der Waals surface area contributed by atoms with Crippen LogP contribution in [0.25, 0.3) is 0 Å². The number of carbonyl (C=O) groups is 1. The molecule has 1 saturated heterocycles. The highest BCUT2D eigenvalue weighted by molar-refractivity contribution is 14.1. The molecule has 3 rings (SSSR count). The number of hydrogen-bond acceptors (Lipinski definition) is 3. The molecule has 1 aliphatic heterocycles. The molecule has 0 saturated carbocycles. The van der Waals surface area contributed by atoms with Gasteiger partial charge in [0.2, 0.25) is 0 Å². The summed E-state index contributed by atoms with van der Waals surface area (Å²) in [5.74, 6) is 1.60. The molecular weight excluding hydrogens is 417 g/mol. The van der Waals surface area contributed by atoms with E-state index < -0.39 is 0 Å². The van der Waals surface area contributed by atoms with E-state index in [2.05, 4.69) is 22.6 Å². The molecule has 0 N–H and O–H groups in total. The Kier molecular flexibility index (Phi) is 5.28. The van der Waals surface area contributed by atoms with Crippen molar-refractivity contribution in [3.05, 3.63) is 57.2 Å². The molecule has 1 aliphatic rings. The SMILES string of the molecule is COc1ccc(C2CCCN2C(=O)c2cccc(I)c2)c(OC)c1. The summed E-state index contributed by atoms with van der Waals surface area (Å²) in [6.07, 6.45) is 1.94. The van der Waals surface area contributed by atoms with Crippen molar-refractivity contribution in [2.75, 3.05) is 20.8 Å². The van der Waals surface area contributed by atoms with E-state index in [1.165, 1.54) is 0 Å². The molecule has 0 aromatic heterocycles. The van der Waals surface area contributed by atoms with Gasteiger partial charge >= 0.3 is 0 Å². The van der Waals surface area contributed by atoms with Gasteiger partial charge in [0.15, 0.2) is 0 Å². The monoisotopic (exact) mass is 437 g/mol. The van der Waals surface area contributed by atoms with Gasteiger partial charge in [-0.2, -0.15) is 0 Å². The van der Waals surface area contributed by atoms with Crippen LogP contribution in [0, 0.1) is 3.57 Å². The summed E-state index contributed by atoms with van der Waals surface area (Å²) in [7, 11) is 3.29. The molecule has 1 amide bonds. The van der Waals surface area contributed by atoms with Crippen LogP contribution in [0.5, 0.6) is 11.5 Å². The highest BCUT2D eigenvalue weighted by atomic mass is 127. The quantitative estimate of drug-likeness (QED) is 0.671. The Bertz CT molecular complexity index is 747. The van der Waals surface area contributed by atoms with Gasteiger partial charge in [0.25, 0.3) is 5.91 Å². The van der Waals surface area contributed by atoms with Crippen LogP contribution >= 0.6 is 22.6 Å². The number of nitrogens with zero attached hydrogens (tertiary/aromatic N) is 1. The summed E-state index contributed by atoms with van der Waals surface area (Å²) in [6.45, 7) is 0.768. The number of carbonyl (C=O) groups excluding carboxylic acids is 1. The van der Waals surface area contributed by atoms with E-state index in [4.69, 9.17) is 9.47 Å². The number of benzene rings is 2. The molecular formula is C19H20INO3. The second-order valence-electron chi connectivity index (χ2n) is 5.77. The number of halogens is 1. The third-order valence-corrected chi connectivity index (χ3v) is 5.06. The Morgan fingerprint density at radius 3 is 2.71 bits per heavy atom. The van der Waals surface area contributed by atoms with Gasteiger partial charge in [-0.25, -0.2) is 0 Å². The van der Waals surface area contributed by atoms with Crippen molar-refractivity contribution in [1.82, 2.24) is 4.90 Å². The Balaban J connectivity index is 1.92. The van der Waals surface area contributed by atoms with Gasteiger partial charge in [-0.15, -0.1) is 0 Å². The van der Waals surface area contributed by atoms with Crippen molar-refractivity contribution in [1.29, 1.82) is 0 Å². The molecule has 1 heterocycles. The molecule has 2 aromatic carbocycles. The summed E-state index contributed by atoms with van der Waals surface area (Å²) in [5.41, 5.74) is 1.77. The second kappa shape index (κ2) is 7.42. The van der Waals surface area contributed by atoms with Crippen LogP contribution in [-0.4, -0.2) is 31.6 Å². The standard InChI is InChI=1S/C19H20INO3/c1-23-15-8-9-16(18(12-15)24-2)17-7-4-10-21(17)19(22)13-5-3-6-14(20)11-13/h3,5-6,8-9,11-12,17H,4,7,10H2,1-2H3. The number of hydrogen-bond donors (Lipinski definition) is 0.